The summed E-state index contributed by atoms with van der Waals surface area (Å²) in [5.41, 5.74) is 2.73. The summed E-state index contributed by atoms with van der Waals surface area (Å²) >= 11 is 0. The minimum absolute atomic E-state index is 0. The first-order valence-electron chi connectivity index (χ1n) is 9.42. The van der Waals surface area contributed by atoms with Crippen LogP contribution in [-0.2, 0) is 6.54 Å². The van der Waals surface area contributed by atoms with Gasteiger partial charge in [-0.25, -0.2) is 0 Å². The zero-order valence-electron chi connectivity index (χ0n) is 15.3. The molecular weight excluding hydrogens is 336 g/mol. The van der Waals surface area contributed by atoms with Gasteiger partial charge in [0.2, 0.25) is 0 Å². The van der Waals surface area contributed by atoms with Crippen molar-refractivity contribution in [1.29, 1.82) is 0 Å². The molecule has 2 saturated heterocycles. The highest BCUT2D eigenvalue weighted by atomic mass is 35.5. The average Bonchev–Trinajstić information content (AvgIpc) is 3.02. The molecule has 0 aromatic heterocycles. The molecule has 142 valence electrons. The normalized spacial score (nSPS) is 24.3. The molecule has 3 rings (SSSR count). The van der Waals surface area contributed by atoms with E-state index >= 15 is 0 Å². The summed E-state index contributed by atoms with van der Waals surface area (Å²) in [6.07, 6.45) is 1.03. The third kappa shape index (κ3) is 5.56. The molecule has 2 heterocycles. The predicted molar refractivity (Wildman–Crippen MR) is 107 cm³/mol. The van der Waals surface area contributed by atoms with Crippen LogP contribution in [0.15, 0.2) is 24.3 Å². The van der Waals surface area contributed by atoms with Crippen molar-refractivity contribution in [1.82, 2.24) is 15.5 Å². The summed E-state index contributed by atoms with van der Waals surface area (Å²) in [4.78, 5) is 5.08. The molecule has 0 bridgehead atoms. The molecule has 0 aliphatic carbocycles. The van der Waals surface area contributed by atoms with Crippen LogP contribution in [0.4, 0.5) is 5.69 Å². The maximum absolute atomic E-state index is 9.90. The number of nitrogens with one attached hydrogen (secondary N) is 2. The van der Waals surface area contributed by atoms with Crippen molar-refractivity contribution in [3.05, 3.63) is 29.8 Å². The summed E-state index contributed by atoms with van der Waals surface area (Å²) in [5, 5.41) is 16.7. The lowest BCUT2D eigenvalue weighted by atomic mass is 10.1. The maximum Gasteiger partial charge on any atom is 0.0716 e. The van der Waals surface area contributed by atoms with Gasteiger partial charge in [0.05, 0.1) is 6.10 Å². The van der Waals surface area contributed by atoms with Crippen LogP contribution in [0.2, 0.25) is 0 Å². The van der Waals surface area contributed by atoms with Gasteiger partial charge in [0.15, 0.2) is 0 Å². The molecule has 1 aromatic rings. The number of nitrogens with zero attached hydrogens (tertiary/aromatic N) is 2. The number of hydrogen-bond acceptors (Lipinski definition) is 5. The number of aliphatic hydroxyl groups is 1. The molecule has 0 amide bonds. The summed E-state index contributed by atoms with van der Waals surface area (Å²) in [6, 6.07) is 8.74. The molecule has 2 aliphatic rings. The lowest BCUT2D eigenvalue weighted by Crippen LogP contribution is -2.47. The van der Waals surface area contributed by atoms with E-state index in [-0.39, 0.29) is 18.5 Å². The van der Waals surface area contributed by atoms with E-state index in [1.54, 1.807) is 0 Å². The number of piperazine rings is 1. The molecule has 3 N–H and O–H groups in total. The zero-order chi connectivity index (χ0) is 16.8. The Morgan fingerprint density at radius 1 is 1.16 bits per heavy atom. The molecule has 25 heavy (non-hydrogen) atoms. The van der Waals surface area contributed by atoms with Gasteiger partial charge in [-0.3, -0.25) is 4.90 Å². The van der Waals surface area contributed by atoms with Crippen LogP contribution in [0.1, 0.15) is 18.9 Å². The van der Waals surface area contributed by atoms with E-state index in [2.05, 4.69) is 51.6 Å². The summed E-state index contributed by atoms with van der Waals surface area (Å²) in [6.45, 7) is 11.4. The minimum Gasteiger partial charge on any atom is -0.391 e. The molecule has 2 aliphatic heterocycles. The van der Waals surface area contributed by atoms with Gasteiger partial charge in [0, 0.05) is 64.0 Å². The van der Waals surface area contributed by atoms with E-state index in [1.165, 1.54) is 24.2 Å². The Hall–Kier alpha value is -0.850. The second kappa shape index (κ2) is 10.3. The van der Waals surface area contributed by atoms with E-state index in [0.29, 0.717) is 5.92 Å². The van der Waals surface area contributed by atoms with Gasteiger partial charge in [0.25, 0.3) is 0 Å². The van der Waals surface area contributed by atoms with E-state index in [9.17, 15) is 5.11 Å². The van der Waals surface area contributed by atoms with Crippen LogP contribution in [-0.4, -0.2) is 68.5 Å². The fourth-order valence-electron chi connectivity index (χ4n) is 3.82. The molecule has 0 saturated carbocycles. The van der Waals surface area contributed by atoms with Crippen LogP contribution < -0.4 is 15.5 Å². The second-order valence-electron chi connectivity index (χ2n) is 7.07. The Labute approximate surface area is 158 Å². The van der Waals surface area contributed by atoms with Gasteiger partial charge >= 0.3 is 0 Å². The van der Waals surface area contributed by atoms with Gasteiger partial charge in [-0.15, -0.1) is 12.4 Å². The summed E-state index contributed by atoms with van der Waals surface area (Å²) < 4.78 is 0. The van der Waals surface area contributed by atoms with Crippen LogP contribution in [0.3, 0.4) is 0 Å². The van der Waals surface area contributed by atoms with E-state index < -0.39 is 0 Å². The zero-order valence-corrected chi connectivity index (χ0v) is 16.1. The minimum atomic E-state index is -0.209. The number of anilines is 1. The fourth-order valence-corrected chi connectivity index (χ4v) is 3.82. The highest BCUT2D eigenvalue weighted by Gasteiger charge is 2.24. The first-order chi connectivity index (χ1) is 11.8. The molecule has 2 unspecified atom stereocenters. The largest absolute Gasteiger partial charge is 0.391 e. The molecule has 2 fully saturated rings. The Kier molecular flexibility index (Phi) is 8.46. The van der Waals surface area contributed by atoms with Gasteiger partial charge in [-0.05, 0) is 24.6 Å². The summed E-state index contributed by atoms with van der Waals surface area (Å²) in [7, 11) is 0. The quantitative estimate of drug-likeness (QED) is 0.677. The number of hydrogen-bond donors (Lipinski definition) is 3. The van der Waals surface area contributed by atoms with Crippen molar-refractivity contribution in [3.8, 4) is 0 Å². The molecule has 0 radical (unpaired) electrons. The Morgan fingerprint density at radius 2 is 1.92 bits per heavy atom. The van der Waals surface area contributed by atoms with Crippen molar-refractivity contribution in [2.24, 2.45) is 5.92 Å². The number of benzene rings is 1. The topological polar surface area (TPSA) is 50.8 Å². The van der Waals surface area contributed by atoms with Crippen LogP contribution in [0.5, 0.6) is 0 Å². The van der Waals surface area contributed by atoms with Crippen LogP contribution >= 0.6 is 12.4 Å². The van der Waals surface area contributed by atoms with E-state index in [1.807, 2.05) is 0 Å². The third-order valence-electron chi connectivity index (χ3n) is 5.27. The maximum atomic E-state index is 9.90. The number of β-amino-alcohol motifs (C(OH)–C–C–N with tert-alkyl or cyclic N) is 1. The number of rotatable bonds is 7. The predicted octanol–water partition coefficient (Wildman–Crippen LogP) is 1.31. The first kappa shape index (κ1) is 20.5. The highest BCUT2D eigenvalue weighted by Crippen LogP contribution is 2.22. The Bertz CT molecular complexity index is 508. The van der Waals surface area contributed by atoms with Crippen molar-refractivity contribution in [2.75, 3.05) is 57.3 Å². The molecule has 5 nitrogen and oxygen atoms in total. The molecular formula is C19H33ClN4O. The van der Waals surface area contributed by atoms with Crippen molar-refractivity contribution >= 4 is 18.1 Å². The Balaban J connectivity index is 0.00000225. The molecule has 2 atom stereocenters. The molecule has 6 heteroatoms. The molecule has 1 aromatic carbocycles. The number of para-hydroxylation sites is 1. The van der Waals surface area contributed by atoms with Crippen LogP contribution in [0.25, 0.3) is 0 Å². The standard InChI is InChI=1S/C19H32N4O.ClH/c1-2-7-22-8-10-23(11-9-22)18-6-4-3-5-16(18)12-20-13-17-14-21-15-19(17)24;/h3-6,17,19-21,24H,2,7-15H2,1H3;1H. The van der Waals surface area contributed by atoms with Gasteiger partial charge in [0.1, 0.15) is 0 Å². The monoisotopic (exact) mass is 368 g/mol. The summed E-state index contributed by atoms with van der Waals surface area (Å²) in [5.74, 6) is 0.328. The van der Waals surface area contributed by atoms with Crippen molar-refractivity contribution in [2.45, 2.75) is 26.0 Å². The smallest absolute Gasteiger partial charge is 0.0716 e. The SMILES string of the molecule is CCCN1CCN(c2ccccc2CNCC2CNCC2O)CC1.Cl. The van der Waals surface area contributed by atoms with Gasteiger partial charge < -0.3 is 20.6 Å². The van der Waals surface area contributed by atoms with Crippen molar-refractivity contribution in [3.63, 3.8) is 0 Å². The highest BCUT2D eigenvalue weighted by molar-refractivity contribution is 5.85. The van der Waals surface area contributed by atoms with Crippen LogP contribution in [0, 0.1) is 5.92 Å². The number of halogens is 1. The van der Waals surface area contributed by atoms with Gasteiger partial charge in [-0.1, -0.05) is 25.1 Å². The van der Waals surface area contributed by atoms with Crippen molar-refractivity contribution < 1.29 is 5.11 Å². The lowest BCUT2D eigenvalue weighted by Gasteiger charge is -2.37. The van der Waals surface area contributed by atoms with Gasteiger partial charge in [-0.2, -0.15) is 0 Å². The third-order valence-corrected chi connectivity index (χ3v) is 5.27. The lowest BCUT2D eigenvalue weighted by molar-refractivity contribution is 0.146. The first-order valence-corrected chi connectivity index (χ1v) is 9.42. The van der Waals surface area contributed by atoms with E-state index in [4.69, 9.17) is 0 Å². The van der Waals surface area contributed by atoms with E-state index in [0.717, 1.165) is 52.4 Å². The fraction of sp³-hybridized carbons (Fsp3) is 0.684. The second-order valence-corrected chi connectivity index (χ2v) is 7.07. The average molecular weight is 369 g/mol. The molecule has 0 spiro atoms. The Morgan fingerprint density at radius 3 is 2.60 bits per heavy atom. The number of aliphatic hydroxyl groups excluding tert-OH is 1.